The average molecular weight is 547 g/mol. The van der Waals surface area contributed by atoms with Crippen LogP contribution in [0.5, 0.6) is 0 Å². The molecule has 0 aromatic heterocycles. The zero-order valence-corrected chi connectivity index (χ0v) is 23.1. The van der Waals surface area contributed by atoms with Crippen molar-refractivity contribution in [3.8, 4) is 0 Å². The Morgan fingerprint density at radius 2 is 1.24 bits per heavy atom. The number of benzene rings is 3. The normalized spacial score (nSPS) is 27.7. The van der Waals surface area contributed by atoms with Crippen molar-refractivity contribution in [2.75, 3.05) is 5.32 Å². The molecule has 1 fully saturated rings. The van der Waals surface area contributed by atoms with Crippen molar-refractivity contribution in [2.45, 2.75) is 43.5 Å². The van der Waals surface area contributed by atoms with E-state index in [4.69, 9.17) is 23.2 Å². The Kier molecular flexibility index (Phi) is 5.57. The van der Waals surface area contributed by atoms with Gasteiger partial charge in [0.15, 0.2) is 0 Å². The lowest BCUT2D eigenvalue weighted by Crippen LogP contribution is -2.57. The zero-order valence-electron chi connectivity index (χ0n) is 21.6. The summed E-state index contributed by atoms with van der Waals surface area (Å²) in [6.07, 6.45) is 0. The summed E-state index contributed by atoms with van der Waals surface area (Å²) in [6.45, 7) is 7.56. The SMILES string of the molecule is Cc1cccc(NC(=O)[C@H](C(C)C)N2C(=O)[C@@H]3[C@H](C2=O)C2(Cl)c4ccccc4C3(Cl)c3ccccc32)c1C. The van der Waals surface area contributed by atoms with Crippen LogP contribution >= 0.6 is 23.2 Å². The van der Waals surface area contributed by atoms with E-state index in [2.05, 4.69) is 5.32 Å². The lowest BCUT2D eigenvalue weighted by molar-refractivity contribution is -0.148. The molecule has 0 saturated carbocycles. The van der Waals surface area contributed by atoms with Gasteiger partial charge in [0.25, 0.3) is 0 Å². The minimum Gasteiger partial charge on any atom is -0.324 e. The van der Waals surface area contributed by atoms with Gasteiger partial charge in [0.2, 0.25) is 17.7 Å². The highest BCUT2D eigenvalue weighted by Crippen LogP contribution is 2.69. The molecule has 5 nitrogen and oxygen atoms in total. The van der Waals surface area contributed by atoms with Crippen LogP contribution in [0.1, 0.15) is 47.2 Å². The predicted molar refractivity (Wildman–Crippen MR) is 148 cm³/mol. The van der Waals surface area contributed by atoms with Crippen molar-refractivity contribution in [3.05, 3.63) is 100 Å². The summed E-state index contributed by atoms with van der Waals surface area (Å²) in [6, 6.07) is 19.7. The van der Waals surface area contributed by atoms with E-state index in [1.807, 2.05) is 94.4 Å². The Morgan fingerprint density at radius 1 is 0.789 bits per heavy atom. The fourth-order valence-corrected chi connectivity index (χ4v) is 7.87. The first-order chi connectivity index (χ1) is 18.0. The third kappa shape index (κ3) is 3.03. The van der Waals surface area contributed by atoms with Crippen molar-refractivity contribution in [2.24, 2.45) is 17.8 Å². The van der Waals surface area contributed by atoms with Gasteiger partial charge < -0.3 is 5.32 Å². The molecular weight excluding hydrogens is 519 g/mol. The van der Waals surface area contributed by atoms with Gasteiger partial charge in [-0.15, -0.1) is 23.2 Å². The standard InChI is InChI=1S/C31H28Cl2N2O3/c1-16(2)26(27(36)34-23-15-9-10-17(3)18(23)4)35-28(37)24-25(29(35)38)31(33)20-12-6-5-11-19(20)30(24,32)21-13-7-8-14-22(21)31/h5-16,24-26H,1-4H3,(H,34,36)/t24-,25+,26-,30?,31?/m0/s1. The Bertz CT molecular complexity index is 1410. The maximum absolute atomic E-state index is 14.3. The topological polar surface area (TPSA) is 66.5 Å². The zero-order chi connectivity index (χ0) is 27.1. The van der Waals surface area contributed by atoms with E-state index >= 15 is 0 Å². The van der Waals surface area contributed by atoms with Gasteiger partial charge in [0, 0.05) is 5.69 Å². The predicted octanol–water partition coefficient (Wildman–Crippen LogP) is 5.86. The van der Waals surface area contributed by atoms with Gasteiger partial charge in [-0.3, -0.25) is 19.3 Å². The van der Waals surface area contributed by atoms with Gasteiger partial charge in [-0.2, -0.15) is 0 Å². The van der Waals surface area contributed by atoms with Gasteiger partial charge in [-0.1, -0.05) is 74.5 Å². The molecule has 38 heavy (non-hydrogen) atoms. The number of likely N-dealkylation sites (tertiary alicyclic amines) is 1. The Hall–Kier alpha value is -3.15. The number of anilines is 1. The monoisotopic (exact) mass is 546 g/mol. The summed E-state index contributed by atoms with van der Waals surface area (Å²) in [5.74, 6) is -3.54. The second-order valence-electron chi connectivity index (χ2n) is 10.9. The van der Waals surface area contributed by atoms with Gasteiger partial charge in [0.1, 0.15) is 15.8 Å². The molecule has 0 unspecified atom stereocenters. The average Bonchev–Trinajstić information content (AvgIpc) is 3.16. The van der Waals surface area contributed by atoms with Crippen LogP contribution in [0.25, 0.3) is 0 Å². The fourth-order valence-electron chi connectivity index (χ4n) is 6.77. The lowest BCUT2D eigenvalue weighted by atomic mass is 9.54. The van der Waals surface area contributed by atoms with Gasteiger partial charge in [0.05, 0.1) is 11.8 Å². The molecule has 194 valence electrons. The molecule has 3 aromatic rings. The van der Waals surface area contributed by atoms with Gasteiger partial charge in [-0.25, -0.2) is 0 Å². The molecule has 3 aromatic carbocycles. The minimum atomic E-state index is -1.28. The fraction of sp³-hybridized carbons (Fsp3) is 0.323. The Balaban J connectivity index is 1.49. The van der Waals surface area contributed by atoms with Crippen LogP contribution < -0.4 is 5.32 Å². The van der Waals surface area contributed by atoms with Crippen molar-refractivity contribution >= 4 is 46.6 Å². The summed E-state index contributed by atoms with van der Waals surface area (Å²) in [5, 5.41) is 2.97. The third-order valence-electron chi connectivity index (χ3n) is 8.66. The molecule has 1 N–H and O–H groups in total. The molecule has 4 aliphatic rings. The molecule has 1 heterocycles. The summed E-state index contributed by atoms with van der Waals surface area (Å²) in [4.78, 5) is 41.0. The number of amides is 3. The van der Waals surface area contributed by atoms with E-state index in [9.17, 15) is 14.4 Å². The summed E-state index contributed by atoms with van der Waals surface area (Å²) < 4.78 is 0. The van der Waals surface area contributed by atoms with E-state index in [0.717, 1.165) is 38.3 Å². The summed E-state index contributed by atoms with van der Waals surface area (Å²) >= 11 is 15.0. The molecule has 3 amide bonds. The number of hydrogen-bond donors (Lipinski definition) is 1. The highest BCUT2D eigenvalue weighted by atomic mass is 35.5. The minimum absolute atomic E-state index is 0.340. The number of nitrogens with zero attached hydrogens (tertiary/aromatic N) is 1. The number of alkyl halides is 2. The van der Waals surface area contributed by atoms with Crippen molar-refractivity contribution in [1.29, 1.82) is 0 Å². The Labute approximate surface area is 232 Å². The molecule has 1 saturated heterocycles. The van der Waals surface area contributed by atoms with Crippen molar-refractivity contribution in [1.82, 2.24) is 4.90 Å². The smallest absolute Gasteiger partial charge is 0.247 e. The first-order valence-corrected chi connectivity index (χ1v) is 13.6. The summed E-state index contributed by atoms with van der Waals surface area (Å²) in [5.41, 5.74) is 5.56. The van der Waals surface area contributed by atoms with Crippen LogP contribution in [0, 0.1) is 31.6 Å². The molecule has 2 bridgehead atoms. The number of halogens is 2. The van der Waals surface area contributed by atoms with E-state index in [-0.39, 0.29) is 5.92 Å². The second kappa shape index (κ2) is 8.42. The van der Waals surface area contributed by atoms with Gasteiger partial charge >= 0.3 is 0 Å². The maximum Gasteiger partial charge on any atom is 0.247 e. The van der Waals surface area contributed by atoms with Crippen LogP contribution in [0.15, 0.2) is 66.7 Å². The van der Waals surface area contributed by atoms with Gasteiger partial charge in [-0.05, 0) is 59.2 Å². The molecule has 7 heteroatoms. The Morgan fingerprint density at radius 3 is 1.66 bits per heavy atom. The van der Waals surface area contributed by atoms with E-state index in [0.29, 0.717) is 5.69 Å². The lowest BCUT2D eigenvalue weighted by Gasteiger charge is -2.54. The van der Waals surface area contributed by atoms with E-state index < -0.39 is 45.3 Å². The van der Waals surface area contributed by atoms with Crippen molar-refractivity contribution < 1.29 is 14.4 Å². The molecule has 3 aliphatic carbocycles. The first kappa shape index (κ1) is 25.1. The van der Waals surface area contributed by atoms with Crippen molar-refractivity contribution in [3.63, 3.8) is 0 Å². The third-order valence-corrected chi connectivity index (χ3v) is 9.94. The molecule has 1 aliphatic heterocycles. The molecule has 3 atom stereocenters. The number of nitrogens with one attached hydrogen (secondary N) is 1. The van der Waals surface area contributed by atoms with Crippen LogP contribution in [0.3, 0.4) is 0 Å². The quantitative estimate of drug-likeness (QED) is 0.329. The van der Waals surface area contributed by atoms with Crippen LogP contribution in [-0.2, 0) is 24.1 Å². The molecular formula is C31H28Cl2N2O3. The maximum atomic E-state index is 14.3. The number of hydrogen-bond acceptors (Lipinski definition) is 3. The highest BCUT2D eigenvalue weighted by Gasteiger charge is 2.73. The molecule has 0 radical (unpaired) electrons. The van der Waals surface area contributed by atoms with Crippen LogP contribution in [-0.4, -0.2) is 28.7 Å². The largest absolute Gasteiger partial charge is 0.324 e. The summed E-state index contributed by atoms with van der Waals surface area (Å²) in [7, 11) is 0. The number of rotatable bonds is 4. The number of carbonyl (C=O) groups excluding carboxylic acids is 3. The molecule has 0 spiro atoms. The number of aryl methyl sites for hydroxylation is 1. The van der Waals surface area contributed by atoms with E-state index in [1.54, 1.807) is 0 Å². The molecule has 7 rings (SSSR count). The highest BCUT2D eigenvalue weighted by molar-refractivity contribution is 6.36. The number of carbonyl (C=O) groups is 3. The number of imide groups is 1. The van der Waals surface area contributed by atoms with Crippen LogP contribution in [0.2, 0.25) is 0 Å². The van der Waals surface area contributed by atoms with E-state index in [1.165, 1.54) is 0 Å². The van der Waals surface area contributed by atoms with Crippen LogP contribution in [0.4, 0.5) is 5.69 Å². The second-order valence-corrected chi connectivity index (χ2v) is 12.1. The first-order valence-electron chi connectivity index (χ1n) is 12.9.